The van der Waals surface area contributed by atoms with E-state index in [1.807, 2.05) is 60.7 Å². The second-order valence-corrected chi connectivity index (χ2v) is 11.7. The normalized spacial score (nSPS) is 11.5. The summed E-state index contributed by atoms with van der Waals surface area (Å²) < 4.78 is 16.2. The van der Waals surface area contributed by atoms with Crippen LogP contribution in [0.4, 0.5) is 11.4 Å². The van der Waals surface area contributed by atoms with Crippen molar-refractivity contribution in [2.45, 2.75) is 10.1 Å². The molecule has 0 aromatic heterocycles. The summed E-state index contributed by atoms with van der Waals surface area (Å²) in [4.78, 5) is 41.1. The van der Waals surface area contributed by atoms with Gasteiger partial charge in [0, 0.05) is 27.8 Å². The molecule has 5 aromatic carbocycles. The zero-order chi connectivity index (χ0) is 34.6. The van der Waals surface area contributed by atoms with E-state index in [-0.39, 0.29) is 11.6 Å². The van der Waals surface area contributed by atoms with Gasteiger partial charge in [0.15, 0.2) is 0 Å². The highest BCUT2D eigenvalue weighted by molar-refractivity contribution is 8.00. The molecule has 10 heteroatoms. The van der Waals surface area contributed by atoms with Crippen LogP contribution >= 0.6 is 11.8 Å². The average molecular weight is 674 g/mol. The molecule has 5 rings (SSSR count). The summed E-state index contributed by atoms with van der Waals surface area (Å²) in [5.74, 6) is 0.440. The number of amides is 3. The van der Waals surface area contributed by atoms with Gasteiger partial charge in [-0.25, -0.2) is 0 Å². The maximum absolute atomic E-state index is 13.7. The van der Waals surface area contributed by atoms with Gasteiger partial charge in [-0.05, 0) is 66.2 Å². The first-order valence-electron chi connectivity index (χ1n) is 15.3. The van der Waals surface area contributed by atoms with E-state index in [1.54, 1.807) is 79.9 Å². The van der Waals surface area contributed by atoms with Crippen LogP contribution in [0.5, 0.6) is 17.2 Å². The Morgan fingerprint density at radius 1 is 0.673 bits per heavy atom. The summed E-state index contributed by atoms with van der Waals surface area (Å²) in [5, 5.41) is 8.01. The molecular weight excluding hydrogens is 639 g/mol. The third-order valence-electron chi connectivity index (χ3n) is 7.34. The van der Waals surface area contributed by atoms with Crippen LogP contribution in [0.1, 0.15) is 26.7 Å². The molecule has 0 aliphatic carbocycles. The molecule has 0 heterocycles. The van der Waals surface area contributed by atoms with E-state index in [2.05, 4.69) is 16.0 Å². The van der Waals surface area contributed by atoms with E-state index in [0.717, 1.165) is 10.5 Å². The van der Waals surface area contributed by atoms with Crippen molar-refractivity contribution >= 4 is 46.9 Å². The van der Waals surface area contributed by atoms with E-state index in [4.69, 9.17) is 14.2 Å². The topological polar surface area (TPSA) is 115 Å². The number of benzene rings is 5. The third kappa shape index (κ3) is 9.09. The van der Waals surface area contributed by atoms with Crippen molar-refractivity contribution in [3.05, 3.63) is 150 Å². The molecule has 3 amide bonds. The van der Waals surface area contributed by atoms with Crippen LogP contribution in [0, 0.1) is 0 Å². The molecule has 49 heavy (non-hydrogen) atoms. The molecular formula is C39H35N3O6S. The summed E-state index contributed by atoms with van der Waals surface area (Å²) in [6.07, 6.45) is 1.57. The van der Waals surface area contributed by atoms with Crippen LogP contribution in [-0.4, -0.2) is 39.1 Å². The first-order valence-corrected chi connectivity index (χ1v) is 16.1. The van der Waals surface area contributed by atoms with Crippen molar-refractivity contribution in [2.75, 3.05) is 32.0 Å². The number of hydrogen-bond acceptors (Lipinski definition) is 7. The summed E-state index contributed by atoms with van der Waals surface area (Å²) in [5.41, 5.74) is 2.89. The predicted octanol–water partition coefficient (Wildman–Crippen LogP) is 7.59. The second-order valence-electron chi connectivity index (χ2n) is 10.6. The molecule has 1 atom stereocenters. The second kappa shape index (κ2) is 16.7. The highest BCUT2D eigenvalue weighted by Crippen LogP contribution is 2.38. The molecule has 0 spiro atoms. The van der Waals surface area contributed by atoms with Gasteiger partial charge in [0.2, 0.25) is 5.91 Å². The zero-order valence-electron chi connectivity index (χ0n) is 27.1. The van der Waals surface area contributed by atoms with Gasteiger partial charge in [0.25, 0.3) is 11.8 Å². The Morgan fingerprint density at radius 3 is 2.00 bits per heavy atom. The average Bonchev–Trinajstić information content (AvgIpc) is 3.15. The number of nitrogens with one attached hydrogen (secondary N) is 3. The molecule has 1 unspecified atom stereocenters. The zero-order valence-corrected chi connectivity index (χ0v) is 28.0. The van der Waals surface area contributed by atoms with Crippen LogP contribution in [0.3, 0.4) is 0 Å². The van der Waals surface area contributed by atoms with Gasteiger partial charge in [-0.1, -0.05) is 66.7 Å². The van der Waals surface area contributed by atoms with E-state index >= 15 is 0 Å². The standard InChI is InChI=1S/C39H35N3O6S/c1-46-30-20-23-32(35(25-30)48-3)41-39(45)36(26-12-6-4-7-13-26)49-31-21-18-29(19-22-31)40-38(44)33(24-28-16-10-11-17-34(28)47-2)42-37(43)27-14-8-5-9-15-27/h4-25,36H,1-3H3,(H,40,44)(H,41,45)(H,42,43)/b33-24-. The fourth-order valence-electron chi connectivity index (χ4n) is 4.84. The molecule has 0 bridgehead atoms. The number of carbonyl (C=O) groups is 3. The SMILES string of the molecule is COc1ccc(NC(=O)C(Sc2ccc(NC(=O)/C(=C/c3ccccc3OC)NC(=O)c3ccccc3)cc2)c2ccccc2)c(OC)c1. The maximum atomic E-state index is 13.7. The van der Waals surface area contributed by atoms with Gasteiger partial charge in [-0.3, -0.25) is 14.4 Å². The minimum absolute atomic E-state index is 0.0339. The van der Waals surface area contributed by atoms with Crippen LogP contribution in [0.25, 0.3) is 6.08 Å². The Hall–Kier alpha value is -6.00. The first kappa shape index (κ1) is 34.3. The van der Waals surface area contributed by atoms with E-state index in [9.17, 15) is 14.4 Å². The molecule has 3 N–H and O–H groups in total. The number of anilines is 2. The molecule has 0 saturated carbocycles. The monoisotopic (exact) mass is 673 g/mol. The minimum atomic E-state index is -0.600. The fourth-order valence-corrected chi connectivity index (χ4v) is 5.86. The molecule has 9 nitrogen and oxygen atoms in total. The van der Waals surface area contributed by atoms with Gasteiger partial charge in [-0.2, -0.15) is 0 Å². The maximum Gasteiger partial charge on any atom is 0.272 e. The van der Waals surface area contributed by atoms with Crippen LogP contribution < -0.4 is 30.2 Å². The molecule has 5 aromatic rings. The molecule has 0 aliphatic rings. The lowest BCUT2D eigenvalue weighted by Gasteiger charge is -2.19. The molecule has 0 aliphatic heterocycles. The van der Waals surface area contributed by atoms with E-state index in [1.165, 1.54) is 26.0 Å². The van der Waals surface area contributed by atoms with Crippen LogP contribution in [0.2, 0.25) is 0 Å². The molecule has 248 valence electrons. The largest absolute Gasteiger partial charge is 0.497 e. The number of ether oxygens (including phenoxy) is 3. The van der Waals surface area contributed by atoms with Gasteiger partial charge in [0.1, 0.15) is 28.2 Å². The minimum Gasteiger partial charge on any atom is -0.497 e. The Balaban J connectivity index is 1.35. The lowest BCUT2D eigenvalue weighted by atomic mass is 10.1. The Morgan fingerprint density at radius 2 is 1.33 bits per heavy atom. The third-order valence-corrected chi connectivity index (χ3v) is 8.61. The van der Waals surface area contributed by atoms with E-state index < -0.39 is 17.1 Å². The van der Waals surface area contributed by atoms with Gasteiger partial charge in [-0.15, -0.1) is 11.8 Å². The summed E-state index contributed by atoms with van der Waals surface area (Å²) in [6, 6.07) is 37.6. The van der Waals surface area contributed by atoms with Crippen LogP contribution in [-0.2, 0) is 9.59 Å². The molecule has 0 radical (unpaired) electrons. The number of carbonyl (C=O) groups excluding carboxylic acids is 3. The Bertz CT molecular complexity index is 1930. The van der Waals surface area contributed by atoms with Crippen molar-refractivity contribution < 1.29 is 28.6 Å². The summed E-state index contributed by atoms with van der Waals surface area (Å²) in [7, 11) is 4.63. The number of para-hydroxylation sites is 1. The lowest BCUT2D eigenvalue weighted by Crippen LogP contribution is -2.30. The lowest BCUT2D eigenvalue weighted by molar-refractivity contribution is -0.116. The molecule has 0 fully saturated rings. The first-order chi connectivity index (χ1) is 23.9. The van der Waals surface area contributed by atoms with Crippen molar-refractivity contribution in [3.63, 3.8) is 0 Å². The number of rotatable bonds is 13. The quantitative estimate of drug-likeness (QED) is 0.0872. The van der Waals surface area contributed by atoms with Crippen molar-refractivity contribution in [1.82, 2.24) is 5.32 Å². The predicted molar refractivity (Wildman–Crippen MR) is 193 cm³/mol. The Kier molecular flexibility index (Phi) is 11.7. The number of methoxy groups -OCH3 is 3. The summed E-state index contributed by atoms with van der Waals surface area (Å²) >= 11 is 1.36. The van der Waals surface area contributed by atoms with Crippen molar-refractivity contribution in [2.24, 2.45) is 0 Å². The van der Waals surface area contributed by atoms with Crippen LogP contribution in [0.15, 0.2) is 138 Å². The summed E-state index contributed by atoms with van der Waals surface area (Å²) in [6.45, 7) is 0. The highest BCUT2D eigenvalue weighted by atomic mass is 32.2. The van der Waals surface area contributed by atoms with Gasteiger partial charge >= 0.3 is 0 Å². The van der Waals surface area contributed by atoms with Gasteiger partial charge < -0.3 is 30.2 Å². The number of thioether (sulfide) groups is 1. The smallest absolute Gasteiger partial charge is 0.272 e. The van der Waals surface area contributed by atoms with Crippen molar-refractivity contribution in [3.8, 4) is 17.2 Å². The van der Waals surface area contributed by atoms with E-state index in [0.29, 0.717) is 39.8 Å². The molecule has 0 saturated heterocycles. The van der Waals surface area contributed by atoms with Crippen molar-refractivity contribution in [1.29, 1.82) is 0 Å². The Labute approximate surface area is 289 Å². The van der Waals surface area contributed by atoms with Gasteiger partial charge in [0.05, 0.1) is 27.0 Å². The highest BCUT2D eigenvalue weighted by Gasteiger charge is 2.24. The number of hydrogen-bond donors (Lipinski definition) is 3. The fraction of sp³-hybridized carbons (Fsp3) is 0.103.